The Morgan fingerprint density at radius 2 is 2.15 bits per heavy atom. The Labute approximate surface area is 125 Å². The lowest BCUT2D eigenvalue weighted by Crippen LogP contribution is -2.04. The minimum Gasteiger partial charge on any atom is -0.373 e. The van der Waals surface area contributed by atoms with E-state index in [-0.39, 0.29) is 0 Å². The van der Waals surface area contributed by atoms with Crippen molar-refractivity contribution in [2.24, 2.45) is 0 Å². The van der Waals surface area contributed by atoms with E-state index in [2.05, 4.69) is 32.8 Å². The quantitative estimate of drug-likeness (QED) is 0.707. The fraction of sp³-hybridized carbons (Fsp3) is 0.286. The van der Waals surface area contributed by atoms with Crippen molar-refractivity contribution in [2.75, 3.05) is 19.0 Å². The zero-order valence-electron chi connectivity index (χ0n) is 11.1. The number of nitrogens with zero attached hydrogens (tertiary/aromatic N) is 2. The molecule has 0 amide bonds. The average molecular weight is 305 g/mol. The molecule has 0 fully saturated rings. The molecule has 0 aromatic carbocycles. The SMILES string of the molecule is CNc1nc(COCCc2cccs2)nc2sccc12. The van der Waals surface area contributed by atoms with Gasteiger partial charge in [0, 0.05) is 18.3 Å². The summed E-state index contributed by atoms with van der Waals surface area (Å²) in [5.74, 6) is 1.60. The number of hydrogen-bond acceptors (Lipinski definition) is 6. The fourth-order valence-electron chi connectivity index (χ4n) is 1.95. The Morgan fingerprint density at radius 1 is 1.20 bits per heavy atom. The third kappa shape index (κ3) is 2.98. The predicted octanol–water partition coefficient (Wildman–Crippen LogP) is 3.55. The highest BCUT2D eigenvalue weighted by Crippen LogP contribution is 2.24. The lowest BCUT2D eigenvalue weighted by molar-refractivity contribution is 0.119. The van der Waals surface area contributed by atoms with Crippen LogP contribution in [0.4, 0.5) is 5.82 Å². The molecule has 6 heteroatoms. The standard InChI is InChI=1S/C14H15N3OS2/c1-15-13-11-5-8-20-14(11)17-12(16-13)9-18-6-4-10-3-2-7-19-10/h2-3,5,7-8H,4,6,9H2,1H3,(H,15,16,17). The van der Waals surface area contributed by atoms with Gasteiger partial charge in [-0.15, -0.1) is 22.7 Å². The van der Waals surface area contributed by atoms with E-state index in [1.165, 1.54) is 4.88 Å². The topological polar surface area (TPSA) is 47.0 Å². The smallest absolute Gasteiger partial charge is 0.158 e. The molecular weight excluding hydrogens is 290 g/mol. The average Bonchev–Trinajstić information content (AvgIpc) is 3.13. The van der Waals surface area contributed by atoms with Crippen LogP contribution in [0.2, 0.25) is 0 Å². The Bertz CT molecular complexity index is 679. The van der Waals surface area contributed by atoms with Crippen molar-refractivity contribution in [2.45, 2.75) is 13.0 Å². The van der Waals surface area contributed by atoms with Crippen LogP contribution in [0.15, 0.2) is 29.0 Å². The summed E-state index contributed by atoms with van der Waals surface area (Å²) in [5, 5.41) is 8.30. The zero-order chi connectivity index (χ0) is 13.8. The molecule has 0 atom stereocenters. The van der Waals surface area contributed by atoms with Crippen molar-refractivity contribution in [3.63, 3.8) is 0 Å². The first-order chi connectivity index (χ1) is 9.86. The number of fused-ring (bicyclic) bond motifs is 1. The zero-order valence-corrected chi connectivity index (χ0v) is 12.8. The van der Waals surface area contributed by atoms with E-state index < -0.39 is 0 Å². The number of ether oxygens (including phenoxy) is 1. The van der Waals surface area contributed by atoms with E-state index in [0.717, 1.165) is 28.3 Å². The van der Waals surface area contributed by atoms with E-state index >= 15 is 0 Å². The number of anilines is 1. The summed E-state index contributed by atoms with van der Waals surface area (Å²) in [7, 11) is 1.88. The molecule has 0 saturated carbocycles. The van der Waals surface area contributed by atoms with Gasteiger partial charge < -0.3 is 10.1 Å². The van der Waals surface area contributed by atoms with Crippen LogP contribution in [-0.2, 0) is 17.8 Å². The third-order valence-corrected chi connectivity index (χ3v) is 4.66. The highest BCUT2D eigenvalue weighted by molar-refractivity contribution is 7.16. The summed E-state index contributed by atoms with van der Waals surface area (Å²) >= 11 is 3.38. The van der Waals surface area contributed by atoms with Gasteiger partial charge in [0.25, 0.3) is 0 Å². The van der Waals surface area contributed by atoms with E-state index in [0.29, 0.717) is 13.2 Å². The molecule has 0 spiro atoms. The van der Waals surface area contributed by atoms with E-state index in [4.69, 9.17) is 4.74 Å². The Balaban J connectivity index is 1.62. The van der Waals surface area contributed by atoms with Gasteiger partial charge >= 0.3 is 0 Å². The number of rotatable bonds is 6. The lowest BCUT2D eigenvalue weighted by atomic mass is 10.3. The van der Waals surface area contributed by atoms with Gasteiger partial charge in [0.1, 0.15) is 17.3 Å². The highest BCUT2D eigenvalue weighted by Gasteiger charge is 2.07. The Morgan fingerprint density at radius 3 is 2.95 bits per heavy atom. The minimum absolute atomic E-state index is 0.452. The fourth-order valence-corrected chi connectivity index (χ4v) is 3.42. The molecule has 3 aromatic rings. The molecule has 104 valence electrons. The third-order valence-electron chi connectivity index (χ3n) is 2.91. The number of thiophene rings is 2. The van der Waals surface area contributed by atoms with Crippen LogP contribution in [0.25, 0.3) is 10.2 Å². The van der Waals surface area contributed by atoms with Gasteiger partial charge in [-0.2, -0.15) is 0 Å². The van der Waals surface area contributed by atoms with Crippen molar-refractivity contribution in [3.05, 3.63) is 39.7 Å². The van der Waals surface area contributed by atoms with Gasteiger partial charge in [-0.3, -0.25) is 0 Å². The molecule has 0 saturated heterocycles. The molecule has 0 bridgehead atoms. The number of hydrogen-bond donors (Lipinski definition) is 1. The maximum atomic E-state index is 5.68. The van der Waals surface area contributed by atoms with Gasteiger partial charge in [-0.25, -0.2) is 9.97 Å². The molecule has 1 N–H and O–H groups in total. The van der Waals surface area contributed by atoms with Crippen molar-refractivity contribution in [1.82, 2.24) is 9.97 Å². The molecule has 0 radical (unpaired) electrons. The second kappa shape index (κ2) is 6.30. The van der Waals surface area contributed by atoms with E-state index in [1.54, 1.807) is 22.7 Å². The molecule has 3 aromatic heterocycles. The van der Waals surface area contributed by atoms with E-state index in [9.17, 15) is 0 Å². The summed E-state index contributed by atoms with van der Waals surface area (Å²) in [5.41, 5.74) is 0. The largest absolute Gasteiger partial charge is 0.373 e. The summed E-state index contributed by atoms with van der Waals surface area (Å²) in [6.07, 6.45) is 0.942. The van der Waals surface area contributed by atoms with Crippen molar-refractivity contribution >= 4 is 38.7 Å². The van der Waals surface area contributed by atoms with Gasteiger partial charge in [0.15, 0.2) is 5.82 Å². The molecule has 0 aliphatic heterocycles. The molecule has 0 unspecified atom stereocenters. The van der Waals surface area contributed by atoms with Crippen LogP contribution in [0.3, 0.4) is 0 Å². The van der Waals surface area contributed by atoms with Crippen molar-refractivity contribution < 1.29 is 4.74 Å². The molecule has 3 rings (SSSR count). The molecule has 0 aliphatic rings. The molecular formula is C14H15N3OS2. The molecule has 4 nitrogen and oxygen atoms in total. The second-order valence-corrected chi connectivity index (χ2v) is 6.19. The van der Waals surface area contributed by atoms with Gasteiger partial charge in [-0.1, -0.05) is 6.07 Å². The van der Waals surface area contributed by atoms with Crippen molar-refractivity contribution in [3.8, 4) is 0 Å². The Hall–Kier alpha value is -1.50. The number of aromatic nitrogens is 2. The first-order valence-corrected chi connectivity index (χ1v) is 8.15. The van der Waals surface area contributed by atoms with Crippen LogP contribution in [0.5, 0.6) is 0 Å². The predicted molar refractivity (Wildman–Crippen MR) is 84.6 cm³/mol. The number of nitrogens with one attached hydrogen (secondary N) is 1. The normalized spacial score (nSPS) is 11.1. The van der Waals surface area contributed by atoms with Crippen LogP contribution in [-0.4, -0.2) is 23.6 Å². The summed E-state index contributed by atoms with van der Waals surface area (Å²) in [6, 6.07) is 6.22. The van der Waals surface area contributed by atoms with Crippen LogP contribution in [0, 0.1) is 0 Å². The minimum atomic E-state index is 0.452. The monoisotopic (exact) mass is 305 g/mol. The van der Waals surface area contributed by atoms with Gasteiger partial charge in [0.2, 0.25) is 0 Å². The second-order valence-electron chi connectivity index (χ2n) is 4.26. The van der Waals surface area contributed by atoms with Crippen molar-refractivity contribution in [1.29, 1.82) is 0 Å². The van der Waals surface area contributed by atoms with E-state index in [1.807, 2.05) is 18.5 Å². The van der Waals surface area contributed by atoms with Crippen LogP contribution in [0.1, 0.15) is 10.7 Å². The lowest BCUT2D eigenvalue weighted by Gasteiger charge is -2.06. The van der Waals surface area contributed by atoms with Crippen LogP contribution < -0.4 is 5.32 Å². The highest BCUT2D eigenvalue weighted by atomic mass is 32.1. The molecule has 3 heterocycles. The van der Waals surface area contributed by atoms with Gasteiger partial charge in [0.05, 0.1) is 12.0 Å². The molecule has 20 heavy (non-hydrogen) atoms. The maximum absolute atomic E-state index is 5.68. The maximum Gasteiger partial charge on any atom is 0.158 e. The molecule has 0 aliphatic carbocycles. The summed E-state index contributed by atoms with van der Waals surface area (Å²) in [6.45, 7) is 1.15. The Kier molecular flexibility index (Phi) is 4.25. The first kappa shape index (κ1) is 13.5. The van der Waals surface area contributed by atoms with Crippen LogP contribution >= 0.6 is 22.7 Å². The first-order valence-electron chi connectivity index (χ1n) is 6.39. The van der Waals surface area contributed by atoms with Gasteiger partial charge in [-0.05, 0) is 22.9 Å². The summed E-state index contributed by atoms with van der Waals surface area (Å²) in [4.78, 5) is 11.4. The summed E-state index contributed by atoms with van der Waals surface area (Å²) < 4.78 is 5.68.